The minimum Gasteiger partial charge on any atom is -0.339 e. The van der Waals surface area contributed by atoms with Gasteiger partial charge in [-0.25, -0.2) is 4.98 Å². The third-order valence-electron chi connectivity index (χ3n) is 3.46. The molecule has 0 bridgehead atoms. The van der Waals surface area contributed by atoms with Gasteiger partial charge in [-0.1, -0.05) is 5.16 Å². The molecule has 0 aromatic carbocycles. The Balaban J connectivity index is 1.69. The Labute approximate surface area is 116 Å². The molecule has 3 heterocycles. The zero-order chi connectivity index (χ0) is 13.2. The highest BCUT2D eigenvalue weighted by atomic mass is 32.1. The lowest BCUT2D eigenvalue weighted by Crippen LogP contribution is -2.34. The van der Waals surface area contributed by atoms with Crippen LogP contribution in [0, 0.1) is 6.92 Å². The van der Waals surface area contributed by atoms with Crippen molar-refractivity contribution in [2.24, 2.45) is 0 Å². The van der Waals surface area contributed by atoms with Crippen molar-refractivity contribution in [2.75, 3.05) is 6.54 Å². The summed E-state index contributed by atoms with van der Waals surface area (Å²) in [5.74, 6) is 1.93. The average Bonchev–Trinajstić information content (AvgIpc) is 2.99. The molecule has 2 aromatic rings. The highest BCUT2D eigenvalue weighted by molar-refractivity contribution is 7.09. The van der Waals surface area contributed by atoms with Crippen molar-refractivity contribution in [2.45, 2.75) is 45.1 Å². The predicted molar refractivity (Wildman–Crippen MR) is 73.4 cm³/mol. The van der Waals surface area contributed by atoms with Gasteiger partial charge in [0.05, 0.1) is 17.1 Å². The van der Waals surface area contributed by atoms with Gasteiger partial charge < -0.3 is 9.84 Å². The van der Waals surface area contributed by atoms with Crippen LogP contribution in [0.15, 0.2) is 9.90 Å². The number of hydrogen-bond acceptors (Lipinski definition) is 6. The summed E-state index contributed by atoms with van der Waals surface area (Å²) in [5, 5.41) is 10.6. The Morgan fingerprint density at radius 3 is 3.11 bits per heavy atom. The Morgan fingerprint density at radius 1 is 1.47 bits per heavy atom. The molecule has 0 saturated carbocycles. The van der Waals surface area contributed by atoms with Gasteiger partial charge in [0.15, 0.2) is 5.82 Å². The minimum atomic E-state index is 0.398. The molecule has 0 aliphatic carbocycles. The molecule has 2 unspecified atom stereocenters. The summed E-state index contributed by atoms with van der Waals surface area (Å²) in [7, 11) is 0. The van der Waals surface area contributed by atoms with Crippen LogP contribution in [0.25, 0.3) is 0 Å². The van der Waals surface area contributed by atoms with Crippen LogP contribution in [0.3, 0.4) is 0 Å². The molecule has 1 fully saturated rings. The van der Waals surface area contributed by atoms with Crippen LogP contribution in [0.1, 0.15) is 48.1 Å². The summed E-state index contributed by atoms with van der Waals surface area (Å²) in [4.78, 5) is 8.96. The van der Waals surface area contributed by atoms with Gasteiger partial charge in [0.2, 0.25) is 5.89 Å². The van der Waals surface area contributed by atoms with Crippen LogP contribution < -0.4 is 5.32 Å². The SMILES string of the molecule is Cc1nc(Cc2noc(C3CCNC(C)C3)n2)cs1. The van der Waals surface area contributed by atoms with E-state index in [-0.39, 0.29) is 0 Å². The summed E-state index contributed by atoms with van der Waals surface area (Å²) >= 11 is 1.65. The first kappa shape index (κ1) is 12.7. The normalized spacial score (nSPS) is 23.7. The molecule has 0 amide bonds. The third-order valence-corrected chi connectivity index (χ3v) is 4.28. The summed E-state index contributed by atoms with van der Waals surface area (Å²) in [6.07, 6.45) is 2.80. The number of hydrogen-bond donors (Lipinski definition) is 1. The molecule has 1 aliphatic heterocycles. The van der Waals surface area contributed by atoms with E-state index in [2.05, 4.69) is 32.7 Å². The van der Waals surface area contributed by atoms with Gasteiger partial charge in [0.1, 0.15) is 0 Å². The molecule has 0 spiro atoms. The molecule has 102 valence electrons. The first-order chi connectivity index (χ1) is 9.20. The van der Waals surface area contributed by atoms with E-state index in [1.807, 2.05) is 6.92 Å². The molecule has 1 saturated heterocycles. The van der Waals surface area contributed by atoms with Gasteiger partial charge in [0, 0.05) is 17.3 Å². The second-order valence-electron chi connectivity index (χ2n) is 5.16. The number of thiazole rings is 1. The van der Waals surface area contributed by atoms with Crippen LogP contribution in [-0.4, -0.2) is 27.7 Å². The molecule has 19 heavy (non-hydrogen) atoms. The number of nitrogens with zero attached hydrogens (tertiary/aromatic N) is 3. The summed E-state index contributed by atoms with van der Waals surface area (Å²) in [6.45, 7) is 5.22. The van der Waals surface area contributed by atoms with Gasteiger partial charge in [-0.2, -0.15) is 4.98 Å². The highest BCUT2D eigenvalue weighted by Crippen LogP contribution is 2.26. The largest absolute Gasteiger partial charge is 0.339 e. The minimum absolute atomic E-state index is 0.398. The fourth-order valence-corrected chi connectivity index (χ4v) is 3.13. The van der Waals surface area contributed by atoms with Crippen LogP contribution in [0.4, 0.5) is 0 Å². The van der Waals surface area contributed by atoms with Gasteiger partial charge in [-0.3, -0.25) is 0 Å². The van der Waals surface area contributed by atoms with Crippen molar-refractivity contribution >= 4 is 11.3 Å². The highest BCUT2D eigenvalue weighted by Gasteiger charge is 2.24. The maximum absolute atomic E-state index is 5.42. The second-order valence-corrected chi connectivity index (χ2v) is 6.22. The standard InChI is InChI=1S/C13H18N4OS/c1-8-5-10(3-4-14-8)13-16-12(17-18-13)6-11-7-19-9(2)15-11/h7-8,10,14H,3-6H2,1-2H3. The third kappa shape index (κ3) is 3.01. The quantitative estimate of drug-likeness (QED) is 0.933. The Hall–Kier alpha value is -1.27. The average molecular weight is 278 g/mol. The van der Waals surface area contributed by atoms with Gasteiger partial charge >= 0.3 is 0 Å². The molecule has 2 aromatic heterocycles. The zero-order valence-electron chi connectivity index (χ0n) is 11.2. The Bertz CT molecular complexity index is 550. The topological polar surface area (TPSA) is 63.8 Å². The van der Waals surface area contributed by atoms with E-state index in [1.54, 1.807) is 11.3 Å². The van der Waals surface area contributed by atoms with E-state index in [9.17, 15) is 0 Å². The first-order valence-electron chi connectivity index (χ1n) is 6.67. The number of rotatable bonds is 3. The first-order valence-corrected chi connectivity index (χ1v) is 7.55. The number of piperidine rings is 1. The van der Waals surface area contributed by atoms with Crippen molar-refractivity contribution in [3.05, 3.63) is 27.8 Å². The van der Waals surface area contributed by atoms with Crippen molar-refractivity contribution in [1.29, 1.82) is 0 Å². The fraction of sp³-hybridized carbons (Fsp3) is 0.615. The van der Waals surface area contributed by atoms with Gasteiger partial charge in [-0.15, -0.1) is 11.3 Å². The van der Waals surface area contributed by atoms with Crippen molar-refractivity contribution in [1.82, 2.24) is 20.4 Å². The zero-order valence-corrected chi connectivity index (χ0v) is 12.0. The lowest BCUT2D eigenvalue weighted by Gasteiger charge is -2.25. The molecular weight excluding hydrogens is 260 g/mol. The molecule has 1 aliphatic rings. The maximum atomic E-state index is 5.42. The van der Waals surface area contributed by atoms with E-state index in [0.29, 0.717) is 18.4 Å². The van der Waals surface area contributed by atoms with Gasteiger partial charge in [-0.05, 0) is 33.2 Å². The van der Waals surface area contributed by atoms with Crippen LogP contribution in [0.5, 0.6) is 0 Å². The predicted octanol–water partition coefficient (Wildman–Crippen LogP) is 2.28. The maximum Gasteiger partial charge on any atom is 0.229 e. The molecule has 6 heteroatoms. The van der Waals surface area contributed by atoms with Crippen LogP contribution >= 0.6 is 11.3 Å². The van der Waals surface area contributed by atoms with E-state index < -0.39 is 0 Å². The number of nitrogens with one attached hydrogen (secondary N) is 1. The summed E-state index contributed by atoms with van der Waals surface area (Å²) < 4.78 is 5.42. The molecule has 0 radical (unpaired) electrons. The van der Waals surface area contributed by atoms with Crippen molar-refractivity contribution < 1.29 is 4.52 Å². The smallest absolute Gasteiger partial charge is 0.229 e. The lowest BCUT2D eigenvalue weighted by atomic mass is 9.93. The second kappa shape index (κ2) is 5.38. The van der Waals surface area contributed by atoms with Crippen LogP contribution in [0.2, 0.25) is 0 Å². The van der Waals surface area contributed by atoms with Crippen molar-refractivity contribution in [3.63, 3.8) is 0 Å². The summed E-state index contributed by atoms with van der Waals surface area (Å²) in [5.41, 5.74) is 1.02. The fourth-order valence-electron chi connectivity index (χ4n) is 2.51. The Morgan fingerprint density at radius 2 is 2.37 bits per heavy atom. The van der Waals surface area contributed by atoms with E-state index in [1.165, 1.54) is 0 Å². The van der Waals surface area contributed by atoms with E-state index >= 15 is 0 Å². The molecule has 1 N–H and O–H groups in total. The molecule has 3 rings (SSSR count). The van der Waals surface area contributed by atoms with E-state index in [4.69, 9.17) is 4.52 Å². The van der Waals surface area contributed by atoms with Gasteiger partial charge in [0.25, 0.3) is 0 Å². The van der Waals surface area contributed by atoms with Crippen molar-refractivity contribution in [3.8, 4) is 0 Å². The Kier molecular flexibility index (Phi) is 3.61. The molecule has 2 atom stereocenters. The number of aryl methyl sites for hydroxylation is 1. The van der Waals surface area contributed by atoms with E-state index in [0.717, 1.165) is 41.8 Å². The molecular formula is C13H18N4OS. The summed E-state index contributed by atoms with van der Waals surface area (Å²) in [6, 6.07) is 0.523. The van der Waals surface area contributed by atoms with Crippen LogP contribution in [-0.2, 0) is 6.42 Å². The molecule has 5 nitrogen and oxygen atoms in total. The number of aromatic nitrogens is 3. The lowest BCUT2D eigenvalue weighted by molar-refractivity contribution is 0.294. The monoisotopic (exact) mass is 278 g/mol.